The number of hydrogen-bond acceptors (Lipinski definition) is 5. The number of nitrogens with one attached hydrogen (secondary N) is 1. The average molecular weight is 282 g/mol. The Morgan fingerprint density at radius 3 is 2.74 bits per heavy atom. The van der Waals surface area contributed by atoms with Gasteiger partial charge in [0.1, 0.15) is 11.5 Å². The molecule has 0 radical (unpaired) electrons. The molecule has 0 unspecified atom stereocenters. The van der Waals surface area contributed by atoms with Crippen molar-refractivity contribution in [3.8, 4) is 11.8 Å². The van der Waals surface area contributed by atoms with Crippen molar-refractivity contribution in [1.29, 1.82) is 5.26 Å². The number of methoxy groups -OCH3 is 1. The zero-order valence-corrected chi connectivity index (χ0v) is 11.2. The third-order valence-electron chi connectivity index (χ3n) is 2.26. The zero-order valence-electron chi connectivity index (χ0n) is 10.4. The maximum absolute atomic E-state index is 11.6. The smallest absolute Gasteiger partial charge is 0.239 e. The van der Waals surface area contributed by atoms with Gasteiger partial charge in [-0.1, -0.05) is 12.1 Å². The molecular weight excluding hydrogens is 268 g/mol. The fourth-order valence-corrected chi connectivity index (χ4v) is 2.43. The van der Waals surface area contributed by atoms with E-state index in [2.05, 4.69) is 5.32 Å². The number of hydrogen-bond donors (Lipinski definition) is 1. The Kier molecular flexibility index (Phi) is 5.33. The van der Waals surface area contributed by atoms with Gasteiger partial charge in [-0.05, 0) is 12.1 Å². The quantitative estimate of drug-likeness (QED) is 0.838. The SMILES string of the molecule is COc1ccccc1NC(=O)CS(=O)(=O)CCC#N. The van der Waals surface area contributed by atoms with Crippen molar-refractivity contribution >= 4 is 21.4 Å². The summed E-state index contributed by atoms with van der Waals surface area (Å²) >= 11 is 0. The molecule has 0 aromatic heterocycles. The highest BCUT2D eigenvalue weighted by atomic mass is 32.2. The Labute approximate surface area is 111 Å². The molecule has 0 saturated carbocycles. The molecular formula is C12H14N2O4S. The summed E-state index contributed by atoms with van der Waals surface area (Å²) in [6.45, 7) is 0. The van der Waals surface area contributed by atoms with Crippen LogP contribution >= 0.6 is 0 Å². The number of carbonyl (C=O) groups is 1. The van der Waals surface area contributed by atoms with Gasteiger partial charge in [0.25, 0.3) is 0 Å². The Hall–Kier alpha value is -2.07. The topological polar surface area (TPSA) is 96.3 Å². The number of nitrogens with zero attached hydrogens (tertiary/aromatic N) is 1. The van der Waals surface area contributed by atoms with Gasteiger partial charge in [-0.15, -0.1) is 0 Å². The molecule has 0 saturated heterocycles. The summed E-state index contributed by atoms with van der Waals surface area (Å²) in [6, 6.07) is 8.43. The van der Waals surface area contributed by atoms with E-state index in [1.54, 1.807) is 30.3 Å². The number of anilines is 1. The average Bonchev–Trinajstić information content (AvgIpc) is 2.36. The second kappa shape index (κ2) is 6.75. The molecule has 0 bridgehead atoms. The minimum Gasteiger partial charge on any atom is -0.495 e. The molecule has 1 aromatic rings. The first-order chi connectivity index (χ1) is 8.98. The van der Waals surface area contributed by atoms with Crippen LogP contribution in [-0.2, 0) is 14.6 Å². The molecule has 6 nitrogen and oxygen atoms in total. The van der Waals surface area contributed by atoms with Crippen molar-refractivity contribution in [3.05, 3.63) is 24.3 Å². The summed E-state index contributed by atoms with van der Waals surface area (Å²) in [5, 5.41) is 10.8. The first-order valence-electron chi connectivity index (χ1n) is 5.49. The van der Waals surface area contributed by atoms with Crippen molar-refractivity contribution in [2.75, 3.05) is 23.9 Å². The molecule has 7 heteroatoms. The Bertz CT molecular complexity index is 590. The van der Waals surface area contributed by atoms with E-state index >= 15 is 0 Å². The van der Waals surface area contributed by atoms with Gasteiger partial charge in [-0.2, -0.15) is 5.26 Å². The molecule has 1 N–H and O–H groups in total. The maximum Gasteiger partial charge on any atom is 0.239 e. The number of sulfone groups is 1. The zero-order chi connectivity index (χ0) is 14.3. The Morgan fingerprint density at radius 1 is 1.42 bits per heavy atom. The van der Waals surface area contributed by atoms with Crippen molar-refractivity contribution in [1.82, 2.24) is 0 Å². The minimum atomic E-state index is -3.56. The van der Waals surface area contributed by atoms with Crippen LogP contribution in [0, 0.1) is 11.3 Å². The molecule has 0 heterocycles. The van der Waals surface area contributed by atoms with Crippen LogP contribution in [0.5, 0.6) is 5.75 Å². The summed E-state index contributed by atoms with van der Waals surface area (Å²) < 4.78 is 28.0. The molecule has 0 aliphatic rings. The number of ether oxygens (including phenoxy) is 1. The number of para-hydroxylation sites is 2. The molecule has 0 fully saturated rings. The lowest BCUT2D eigenvalue weighted by Gasteiger charge is -2.09. The van der Waals surface area contributed by atoms with Crippen LogP contribution < -0.4 is 10.1 Å². The van der Waals surface area contributed by atoms with Crippen molar-refractivity contribution in [2.24, 2.45) is 0 Å². The lowest BCUT2D eigenvalue weighted by molar-refractivity contribution is -0.113. The fourth-order valence-electron chi connectivity index (χ4n) is 1.41. The van der Waals surface area contributed by atoms with Crippen molar-refractivity contribution in [3.63, 3.8) is 0 Å². The van der Waals surface area contributed by atoms with E-state index in [-0.39, 0.29) is 12.2 Å². The third-order valence-corrected chi connectivity index (χ3v) is 3.79. The monoisotopic (exact) mass is 282 g/mol. The van der Waals surface area contributed by atoms with Gasteiger partial charge in [-0.25, -0.2) is 8.42 Å². The molecule has 0 atom stereocenters. The van der Waals surface area contributed by atoms with Gasteiger partial charge in [0.05, 0.1) is 24.6 Å². The van der Waals surface area contributed by atoms with E-state index < -0.39 is 21.5 Å². The van der Waals surface area contributed by atoms with E-state index in [1.165, 1.54) is 7.11 Å². The van der Waals surface area contributed by atoms with Gasteiger partial charge < -0.3 is 10.1 Å². The highest BCUT2D eigenvalue weighted by Crippen LogP contribution is 2.22. The van der Waals surface area contributed by atoms with Gasteiger partial charge in [-0.3, -0.25) is 4.79 Å². The summed E-state index contributed by atoms with van der Waals surface area (Å²) in [5.41, 5.74) is 0.408. The van der Waals surface area contributed by atoms with Gasteiger partial charge >= 0.3 is 0 Å². The summed E-state index contributed by atoms with van der Waals surface area (Å²) in [4.78, 5) is 11.6. The van der Waals surface area contributed by atoms with Crippen LogP contribution in [0.2, 0.25) is 0 Å². The van der Waals surface area contributed by atoms with E-state index in [0.29, 0.717) is 11.4 Å². The van der Waals surface area contributed by atoms with Gasteiger partial charge in [0, 0.05) is 6.42 Å². The second-order valence-electron chi connectivity index (χ2n) is 3.75. The molecule has 1 rings (SSSR count). The predicted molar refractivity (Wildman–Crippen MR) is 70.5 cm³/mol. The van der Waals surface area contributed by atoms with Gasteiger partial charge in [0.2, 0.25) is 5.91 Å². The lowest BCUT2D eigenvalue weighted by atomic mass is 10.3. The molecule has 0 aliphatic heterocycles. The van der Waals surface area contributed by atoms with Crippen LogP contribution in [0.4, 0.5) is 5.69 Å². The van der Waals surface area contributed by atoms with Crippen LogP contribution in [0.1, 0.15) is 6.42 Å². The number of benzene rings is 1. The molecule has 1 amide bonds. The first-order valence-corrected chi connectivity index (χ1v) is 7.31. The minimum absolute atomic E-state index is 0.121. The number of amides is 1. The molecule has 1 aromatic carbocycles. The van der Waals surface area contributed by atoms with E-state index in [4.69, 9.17) is 10.00 Å². The van der Waals surface area contributed by atoms with Crippen molar-refractivity contribution in [2.45, 2.75) is 6.42 Å². The number of rotatable bonds is 6. The molecule has 19 heavy (non-hydrogen) atoms. The highest BCUT2D eigenvalue weighted by molar-refractivity contribution is 7.92. The van der Waals surface area contributed by atoms with Crippen molar-refractivity contribution < 1.29 is 17.9 Å². The largest absolute Gasteiger partial charge is 0.495 e. The third kappa shape index (κ3) is 4.97. The van der Waals surface area contributed by atoms with Crippen LogP contribution in [-0.4, -0.2) is 32.9 Å². The number of carbonyl (C=O) groups excluding carboxylic acids is 1. The standard InChI is InChI=1S/C12H14N2O4S/c1-18-11-6-3-2-5-10(11)14-12(15)9-19(16,17)8-4-7-13/h2-3,5-6H,4,8-9H2,1H3,(H,14,15). The van der Waals surface area contributed by atoms with E-state index in [0.717, 1.165) is 0 Å². The highest BCUT2D eigenvalue weighted by Gasteiger charge is 2.17. The predicted octanol–water partition coefficient (Wildman–Crippen LogP) is 0.962. The Morgan fingerprint density at radius 2 is 2.11 bits per heavy atom. The fraction of sp³-hybridized carbons (Fsp3) is 0.333. The molecule has 0 spiro atoms. The van der Waals surface area contributed by atoms with E-state index in [9.17, 15) is 13.2 Å². The van der Waals surface area contributed by atoms with Crippen LogP contribution in [0.25, 0.3) is 0 Å². The first kappa shape index (κ1) is 15.0. The Balaban J connectivity index is 2.68. The normalized spacial score (nSPS) is 10.5. The van der Waals surface area contributed by atoms with Gasteiger partial charge in [0.15, 0.2) is 9.84 Å². The van der Waals surface area contributed by atoms with Crippen LogP contribution in [0.3, 0.4) is 0 Å². The summed E-state index contributed by atoms with van der Waals surface area (Å²) in [7, 11) is -2.10. The summed E-state index contributed by atoms with van der Waals surface area (Å²) in [6.07, 6.45) is -0.121. The van der Waals surface area contributed by atoms with Crippen LogP contribution in [0.15, 0.2) is 24.3 Å². The number of nitriles is 1. The van der Waals surface area contributed by atoms with E-state index in [1.807, 2.05) is 0 Å². The molecule has 0 aliphatic carbocycles. The molecule has 102 valence electrons. The lowest BCUT2D eigenvalue weighted by Crippen LogP contribution is -2.24. The summed E-state index contributed by atoms with van der Waals surface area (Å²) in [5.74, 6) is -1.16. The maximum atomic E-state index is 11.6. The second-order valence-corrected chi connectivity index (χ2v) is 5.93.